The van der Waals surface area contributed by atoms with Crippen LogP contribution in [0.4, 0.5) is 5.69 Å². The zero-order valence-corrected chi connectivity index (χ0v) is 16.1. The monoisotopic (exact) mass is 385 g/mol. The van der Waals surface area contributed by atoms with Gasteiger partial charge in [-0.25, -0.2) is 4.79 Å². The zero-order valence-electron chi connectivity index (χ0n) is 16.1. The quantitative estimate of drug-likeness (QED) is 0.667. The Hall–Kier alpha value is -3.48. The van der Waals surface area contributed by atoms with Crippen molar-refractivity contribution in [2.45, 2.75) is 6.92 Å². The van der Waals surface area contributed by atoms with Gasteiger partial charge in [0.05, 0.1) is 14.2 Å². The molecule has 0 heterocycles. The molecule has 0 aliphatic carbocycles. The van der Waals surface area contributed by atoms with Crippen molar-refractivity contribution in [2.24, 2.45) is 0 Å². The Morgan fingerprint density at radius 2 is 1.82 bits per heavy atom. The van der Waals surface area contributed by atoms with Crippen LogP contribution in [0.25, 0.3) is 6.08 Å². The Labute approximate surface area is 163 Å². The van der Waals surface area contributed by atoms with Crippen molar-refractivity contribution >= 4 is 23.6 Å². The molecule has 0 saturated carbocycles. The van der Waals surface area contributed by atoms with E-state index in [1.54, 1.807) is 36.4 Å². The molecule has 0 aromatic heterocycles. The second-order valence-corrected chi connectivity index (χ2v) is 5.64. The number of amides is 1. The van der Waals surface area contributed by atoms with E-state index in [-0.39, 0.29) is 6.61 Å². The van der Waals surface area contributed by atoms with E-state index >= 15 is 0 Å². The van der Waals surface area contributed by atoms with Crippen molar-refractivity contribution in [3.63, 3.8) is 0 Å². The van der Waals surface area contributed by atoms with E-state index < -0.39 is 18.5 Å². The van der Waals surface area contributed by atoms with Crippen LogP contribution in [0.1, 0.15) is 12.5 Å². The topological polar surface area (TPSA) is 83.1 Å². The first-order valence-corrected chi connectivity index (χ1v) is 8.58. The Morgan fingerprint density at radius 1 is 1.00 bits per heavy atom. The second-order valence-electron chi connectivity index (χ2n) is 5.64. The molecule has 0 fully saturated rings. The fraction of sp³-hybridized carbons (Fsp3) is 0.238. The van der Waals surface area contributed by atoms with Crippen LogP contribution < -0.4 is 19.5 Å². The fourth-order valence-corrected chi connectivity index (χ4v) is 2.32. The molecular weight excluding hydrogens is 362 g/mol. The van der Waals surface area contributed by atoms with Gasteiger partial charge < -0.3 is 24.3 Å². The van der Waals surface area contributed by atoms with E-state index in [1.807, 2.05) is 25.1 Å². The average Bonchev–Trinajstić information content (AvgIpc) is 2.71. The van der Waals surface area contributed by atoms with E-state index in [0.29, 0.717) is 22.9 Å². The van der Waals surface area contributed by atoms with Gasteiger partial charge in [-0.15, -0.1) is 0 Å². The molecule has 2 aromatic carbocycles. The van der Waals surface area contributed by atoms with Crippen LogP contribution in [-0.2, 0) is 14.3 Å². The molecule has 0 aliphatic rings. The summed E-state index contributed by atoms with van der Waals surface area (Å²) in [7, 11) is 3.05. The molecule has 0 unspecified atom stereocenters. The van der Waals surface area contributed by atoms with Crippen molar-refractivity contribution in [3.8, 4) is 17.2 Å². The predicted molar refractivity (Wildman–Crippen MR) is 106 cm³/mol. The molecule has 1 amide bonds. The third-order valence-electron chi connectivity index (χ3n) is 3.61. The Balaban J connectivity index is 1.81. The summed E-state index contributed by atoms with van der Waals surface area (Å²) in [6, 6.07) is 12.2. The highest BCUT2D eigenvalue weighted by Crippen LogP contribution is 2.28. The van der Waals surface area contributed by atoms with Gasteiger partial charge in [-0.3, -0.25) is 4.79 Å². The number of anilines is 1. The number of benzene rings is 2. The summed E-state index contributed by atoms with van der Waals surface area (Å²) in [5.41, 5.74) is 1.49. The van der Waals surface area contributed by atoms with E-state index in [0.717, 1.165) is 5.56 Å². The Bertz CT molecular complexity index is 847. The lowest BCUT2D eigenvalue weighted by molar-refractivity contribution is -0.149. The molecule has 0 saturated heterocycles. The maximum Gasteiger partial charge on any atom is 0.344 e. The first kappa shape index (κ1) is 20.8. The number of carbonyl (C=O) groups excluding carboxylic acids is 2. The molecule has 0 atom stereocenters. The van der Waals surface area contributed by atoms with E-state index in [9.17, 15) is 9.59 Å². The highest BCUT2D eigenvalue weighted by atomic mass is 16.6. The van der Waals surface area contributed by atoms with E-state index in [2.05, 4.69) is 5.32 Å². The maximum atomic E-state index is 11.9. The van der Waals surface area contributed by atoms with Crippen LogP contribution in [-0.4, -0.2) is 39.3 Å². The number of nitrogens with one attached hydrogen (secondary N) is 1. The molecule has 7 heteroatoms. The lowest BCUT2D eigenvalue weighted by atomic mass is 10.2. The SMILES string of the molecule is C/C=C/c1ccc(OCC(=O)OCC(=O)Nc2cccc(OC)c2)c(OC)c1. The lowest BCUT2D eigenvalue weighted by Gasteiger charge is -2.11. The third kappa shape index (κ3) is 6.35. The van der Waals surface area contributed by atoms with Gasteiger partial charge in [-0.05, 0) is 36.8 Å². The molecular formula is C21H23NO6. The highest BCUT2D eigenvalue weighted by Gasteiger charge is 2.11. The molecule has 2 aromatic rings. The molecule has 7 nitrogen and oxygen atoms in total. The summed E-state index contributed by atoms with van der Waals surface area (Å²) in [5, 5.41) is 2.62. The van der Waals surface area contributed by atoms with Crippen molar-refractivity contribution in [1.82, 2.24) is 0 Å². The van der Waals surface area contributed by atoms with Crippen molar-refractivity contribution in [1.29, 1.82) is 0 Å². The summed E-state index contributed by atoms with van der Waals surface area (Å²) in [4.78, 5) is 23.7. The number of hydrogen-bond acceptors (Lipinski definition) is 6. The molecule has 28 heavy (non-hydrogen) atoms. The van der Waals surface area contributed by atoms with Gasteiger partial charge in [-0.1, -0.05) is 24.3 Å². The van der Waals surface area contributed by atoms with Crippen LogP contribution >= 0.6 is 0 Å². The van der Waals surface area contributed by atoms with Gasteiger partial charge in [0.25, 0.3) is 5.91 Å². The number of rotatable bonds is 9. The van der Waals surface area contributed by atoms with Gasteiger partial charge in [0, 0.05) is 11.8 Å². The van der Waals surface area contributed by atoms with Crippen LogP contribution in [0.3, 0.4) is 0 Å². The maximum absolute atomic E-state index is 11.9. The van der Waals surface area contributed by atoms with Crippen LogP contribution in [0.5, 0.6) is 17.2 Å². The standard InChI is InChI=1S/C21H23NO6/c1-4-6-15-9-10-18(19(11-15)26-3)27-14-21(24)28-13-20(23)22-16-7-5-8-17(12-16)25-2/h4-12H,13-14H2,1-3H3,(H,22,23)/b6-4+. The van der Waals surface area contributed by atoms with Crippen molar-refractivity contribution < 1.29 is 28.5 Å². The number of allylic oxidation sites excluding steroid dienone is 1. The summed E-state index contributed by atoms with van der Waals surface area (Å²) in [5.74, 6) is 0.389. The summed E-state index contributed by atoms with van der Waals surface area (Å²) < 4.78 is 20.7. The van der Waals surface area contributed by atoms with Crippen molar-refractivity contribution in [3.05, 3.63) is 54.1 Å². The first-order valence-electron chi connectivity index (χ1n) is 8.58. The van der Waals surface area contributed by atoms with E-state index in [1.165, 1.54) is 14.2 Å². The largest absolute Gasteiger partial charge is 0.497 e. The van der Waals surface area contributed by atoms with Crippen LogP contribution in [0.2, 0.25) is 0 Å². The van der Waals surface area contributed by atoms with Gasteiger partial charge >= 0.3 is 5.97 Å². The lowest BCUT2D eigenvalue weighted by Crippen LogP contribution is -2.23. The fourth-order valence-electron chi connectivity index (χ4n) is 2.32. The van der Waals surface area contributed by atoms with Crippen LogP contribution in [0.15, 0.2) is 48.5 Å². The van der Waals surface area contributed by atoms with Gasteiger partial charge in [0.15, 0.2) is 24.7 Å². The number of methoxy groups -OCH3 is 2. The molecule has 2 rings (SSSR count). The number of hydrogen-bond donors (Lipinski definition) is 1. The molecule has 1 N–H and O–H groups in total. The highest BCUT2D eigenvalue weighted by molar-refractivity contribution is 5.93. The number of esters is 1. The second kappa shape index (κ2) is 10.6. The normalized spacial score (nSPS) is 10.4. The summed E-state index contributed by atoms with van der Waals surface area (Å²) in [6.07, 6.45) is 3.82. The average molecular weight is 385 g/mol. The molecule has 0 aliphatic heterocycles. The third-order valence-corrected chi connectivity index (χ3v) is 3.61. The summed E-state index contributed by atoms with van der Waals surface area (Å²) in [6.45, 7) is 1.15. The van der Waals surface area contributed by atoms with Gasteiger partial charge in [0.2, 0.25) is 0 Å². The Kier molecular flexibility index (Phi) is 7.90. The molecule has 148 valence electrons. The number of carbonyl (C=O) groups is 2. The Morgan fingerprint density at radius 3 is 2.54 bits per heavy atom. The van der Waals surface area contributed by atoms with Crippen molar-refractivity contribution in [2.75, 3.05) is 32.8 Å². The molecule has 0 bridgehead atoms. The predicted octanol–water partition coefficient (Wildman–Crippen LogP) is 3.30. The van der Waals surface area contributed by atoms with Gasteiger partial charge in [-0.2, -0.15) is 0 Å². The number of ether oxygens (including phenoxy) is 4. The minimum Gasteiger partial charge on any atom is -0.497 e. The van der Waals surface area contributed by atoms with Crippen LogP contribution in [0, 0.1) is 0 Å². The smallest absolute Gasteiger partial charge is 0.344 e. The molecule has 0 radical (unpaired) electrons. The minimum absolute atomic E-state index is 0.342. The first-order chi connectivity index (χ1) is 13.5. The minimum atomic E-state index is -0.666. The zero-order chi connectivity index (χ0) is 20.4. The molecule has 0 spiro atoms. The summed E-state index contributed by atoms with van der Waals surface area (Å²) >= 11 is 0. The van der Waals surface area contributed by atoms with Gasteiger partial charge in [0.1, 0.15) is 5.75 Å². The van der Waals surface area contributed by atoms with E-state index in [4.69, 9.17) is 18.9 Å².